The molecule has 1 fully saturated rings. The monoisotopic (exact) mass is 148 g/mol. The van der Waals surface area contributed by atoms with Gasteiger partial charge in [0, 0.05) is 0 Å². The quantitative estimate of drug-likeness (QED) is 0.557. The number of hydrogen-bond acceptors (Lipinski definition) is 1. The third-order valence-electron chi connectivity index (χ3n) is 2.10. The first-order valence-corrected chi connectivity index (χ1v) is 3.93. The Bertz CT molecular complexity index is 251. The van der Waals surface area contributed by atoms with Crippen molar-refractivity contribution in [3.8, 4) is 0 Å². The molecule has 0 spiro atoms. The fourth-order valence-electron chi connectivity index (χ4n) is 1.37. The molecule has 0 aromatic heterocycles. The van der Waals surface area contributed by atoms with Gasteiger partial charge in [0.05, 0.1) is 5.60 Å². The zero-order valence-corrected chi connectivity index (χ0v) is 6.87. The van der Waals surface area contributed by atoms with E-state index in [1.54, 1.807) is 0 Å². The molecule has 1 heterocycles. The highest BCUT2D eigenvalue weighted by Crippen LogP contribution is 2.48. The first kappa shape index (κ1) is 6.86. The van der Waals surface area contributed by atoms with Gasteiger partial charge >= 0.3 is 0 Å². The molecule has 0 saturated carbocycles. The standard InChI is InChI=1S/C10H12O/c1-10(2)9(11-10)8-6-4-3-5-7-8/h3-7,9H,1-2H3. The van der Waals surface area contributed by atoms with Crippen molar-refractivity contribution < 1.29 is 4.74 Å². The van der Waals surface area contributed by atoms with Crippen LogP contribution in [0.5, 0.6) is 0 Å². The van der Waals surface area contributed by atoms with Gasteiger partial charge in [-0.15, -0.1) is 0 Å². The average molecular weight is 148 g/mol. The van der Waals surface area contributed by atoms with Gasteiger partial charge in [0.15, 0.2) is 0 Å². The minimum atomic E-state index is 0.0708. The number of hydrogen-bond donors (Lipinski definition) is 0. The zero-order valence-electron chi connectivity index (χ0n) is 6.87. The number of rotatable bonds is 1. The van der Waals surface area contributed by atoms with E-state index in [4.69, 9.17) is 4.74 Å². The molecule has 0 bridgehead atoms. The summed E-state index contributed by atoms with van der Waals surface area (Å²) in [5, 5.41) is 0. The molecule has 1 atom stereocenters. The summed E-state index contributed by atoms with van der Waals surface area (Å²) >= 11 is 0. The summed E-state index contributed by atoms with van der Waals surface area (Å²) in [6.45, 7) is 4.23. The molecule has 1 aromatic carbocycles. The summed E-state index contributed by atoms with van der Waals surface area (Å²) in [6.07, 6.45) is 0.323. The van der Waals surface area contributed by atoms with Crippen LogP contribution in [0.1, 0.15) is 25.5 Å². The van der Waals surface area contributed by atoms with Crippen LogP contribution in [0.15, 0.2) is 30.3 Å². The van der Waals surface area contributed by atoms with Crippen molar-refractivity contribution in [1.29, 1.82) is 0 Å². The molecule has 1 aliphatic rings. The van der Waals surface area contributed by atoms with E-state index in [0.717, 1.165) is 0 Å². The van der Waals surface area contributed by atoms with Gasteiger partial charge in [-0.25, -0.2) is 0 Å². The Morgan fingerprint density at radius 3 is 2.18 bits per heavy atom. The lowest BCUT2D eigenvalue weighted by atomic mass is 10.0. The molecular weight excluding hydrogens is 136 g/mol. The van der Waals surface area contributed by atoms with Crippen molar-refractivity contribution in [3.63, 3.8) is 0 Å². The lowest BCUT2D eigenvalue weighted by Crippen LogP contribution is -1.96. The molecule has 0 radical (unpaired) electrons. The molecule has 0 aliphatic carbocycles. The van der Waals surface area contributed by atoms with Crippen molar-refractivity contribution in [2.75, 3.05) is 0 Å². The SMILES string of the molecule is CC1(C)OC1c1ccccc1. The molecule has 1 nitrogen and oxygen atoms in total. The predicted molar refractivity (Wildman–Crippen MR) is 44.3 cm³/mol. The number of benzene rings is 1. The maximum Gasteiger partial charge on any atom is 0.112 e. The van der Waals surface area contributed by atoms with E-state index >= 15 is 0 Å². The number of ether oxygens (including phenoxy) is 1. The summed E-state index contributed by atoms with van der Waals surface area (Å²) < 4.78 is 5.49. The van der Waals surface area contributed by atoms with Gasteiger partial charge in [-0.3, -0.25) is 0 Å². The molecule has 2 rings (SSSR count). The molecule has 0 N–H and O–H groups in total. The highest BCUT2D eigenvalue weighted by molar-refractivity contribution is 5.24. The van der Waals surface area contributed by atoms with Crippen molar-refractivity contribution in [3.05, 3.63) is 35.9 Å². The minimum Gasteiger partial charge on any atom is -0.362 e. The third kappa shape index (κ3) is 1.16. The molecule has 1 heteroatoms. The Morgan fingerprint density at radius 2 is 1.73 bits per heavy atom. The van der Waals surface area contributed by atoms with Crippen LogP contribution >= 0.6 is 0 Å². The van der Waals surface area contributed by atoms with Crippen molar-refractivity contribution in [2.45, 2.75) is 25.6 Å². The Hall–Kier alpha value is -0.820. The molecule has 1 unspecified atom stereocenters. The van der Waals surface area contributed by atoms with E-state index in [1.807, 2.05) is 18.2 Å². The average Bonchev–Trinajstić information content (AvgIpc) is 2.62. The van der Waals surface area contributed by atoms with Crippen LogP contribution < -0.4 is 0 Å². The largest absolute Gasteiger partial charge is 0.362 e. The van der Waals surface area contributed by atoms with E-state index in [-0.39, 0.29) is 5.60 Å². The lowest BCUT2D eigenvalue weighted by Gasteiger charge is -1.95. The van der Waals surface area contributed by atoms with E-state index in [1.165, 1.54) is 5.56 Å². The van der Waals surface area contributed by atoms with Gasteiger partial charge in [0.2, 0.25) is 0 Å². The molecule has 1 aliphatic heterocycles. The normalized spacial score (nSPS) is 26.5. The second-order valence-electron chi connectivity index (χ2n) is 3.51. The zero-order chi connectivity index (χ0) is 7.90. The van der Waals surface area contributed by atoms with Crippen LogP contribution in [0.2, 0.25) is 0 Å². The molecule has 1 aromatic rings. The first-order chi connectivity index (χ1) is 5.20. The maximum atomic E-state index is 5.49. The minimum absolute atomic E-state index is 0.0708. The van der Waals surface area contributed by atoms with Crippen molar-refractivity contribution in [2.24, 2.45) is 0 Å². The Kier molecular flexibility index (Phi) is 1.30. The highest BCUT2D eigenvalue weighted by atomic mass is 16.6. The molecule has 11 heavy (non-hydrogen) atoms. The molecule has 0 amide bonds. The Morgan fingerprint density at radius 1 is 1.18 bits per heavy atom. The molecule has 1 saturated heterocycles. The fraction of sp³-hybridized carbons (Fsp3) is 0.400. The Balaban J connectivity index is 2.21. The van der Waals surface area contributed by atoms with E-state index in [2.05, 4.69) is 26.0 Å². The van der Waals surface area contributed by atoms with Gasteiger partial charge in [0.1, 0.15) is 6.10 Å². The van der Waals surface area contributed by atoms with Crippen molar-refractivity contribution in [1.82, 2.24) is 0 Å². The lowest BCUT2D eigenvalue weighted by molar-refractivity contribution is 0.325. The smallest absolute Gasteiger partial charge is 0.112 e. The van der Waals surface area contributed by atoms with Crippen LogP contribution in [0.3, 0.4) is 0 Å². The maximum absolute atomic E-state index is 5.49. The van der Waals surface area contributed by atoms with E-state index in [9.17, 15) is 0 Å². The van der Waals surface area contributed by atoms with Gasteiger partial charge < -0.3 is 4.74 Å². The van der Waals surface area contributed by atoms with Gasteiger partial charge in [-0.1, -0.05) is 30.3 Å². The van der Waals surface area contributed by atoms with Crippen LogP contribution in [0.25, 0.3) is 0 Å². The van der Waals surface area contributed by atoms with Crippen molar-refractivity contribution >= 4 is 0 Å². The summed E-state index contributed by atoms with van der Waals surface area (Å²) in [5.41, 5.74) is 1.36. The van der Waals surface area contributed by atoms with Gasteiger partial charge in [-0.2, -0.15) is 0 Å². The second-order valence-corrected chi connectivity index (χ2v) is 3.51. The van der Waals surface area contributed by atoms with E-state index in [0.29, 0.717) is 6.10 Å². The predicted octanol–water partition coefficient (Wildman–Crippen LogP) is 2.54. The summed E-state index contributed by atoms with van der Waals surface area (Å²) in [6, 6.07) is 10.3. The Labute approximate surface area is 67.0 Å². The summed E-state index contributed by atoms with van der Waals surface area (Å²) in [4.78, 5) is 0. The summed E-state index contributed by atoms with van der Waals surface area (Å²) in [5.74, 6) is 0. The van der Waals surface area contributed by atoms with Crippen LogP contribution in [-0.2, 0) is 4.74 Å². The third-order valence-corrected chi connectivity index (χ3v) is 2.10. The molecule has 58 valence electrons. The highest BCUT2D eigenvalue weighted by Gasteiger charge is 2.48. The van der Waals surface area contributed by atoms with E-state index < -0.39 is 0 Å². The van der Waals surface area contributed by atoms with Crippen LogP contribution in [-0.4, -0.2) is 5.60 Å². The van der Waals surface area contributed by atoms with Gasteiger partial charge in [0.25, 0.3) is 0 Å². The molecular formula is C10H12O. The van der Waals surface area contributed by atoms with Crippen LogP contribution in [0.4, 0.5) is 0 Å². The van der Waals surface area contributed by atoms with Gasteiger partial charge in [-0.05, 0) is 19.4 Å². The fourth-order valence-corrected chi connectivity index (χ4v) is 1.37. The number of epoxide rings is 1. The summed E-state index contributed by atoms with van der Waals surface area (Å²) in [7, 11) is 0. The van der Waals surface area contributed by atoms with Crippen LogP contribution in [0, 0.1) is 0 Å². The first-order valence-electron chi connectivity index (χ1n) is 3.93. The topological polar surface area (TPSA) is 12.5 Å². The second kappa shape index (κ2) is 2.08.